The third kappa shape index (κ3) is 10.6. The van der Waals surface area contributed by atoms with E-state index in [1.807, 2.05) is 87.8 Å². The Kier molecular flexibility index (Phi) is 15.1. The quantitative estimate of drug-likeness (QED) is 0.0863. The van der Waals surface area contributed by atoms with Gasteiger partial charge in [-0.2, -0.15) is 5.26 Å². The SMILES string of the molecule is Cc1ncsc1-c1ccc([C@H](C)NC(=O)[C@@H]2C[C@@H](O)CN2C(=O)C(c2cc(N3CCN(CCCc4ccc(C(=O)NC5C(C)(C)C(Oc6ccc(C#N)c(Cl)c6)C5(C)C)cc4)CC3)no2)C(C)C)cc1. The van der Waals surface area contributed by atoms with Crippen LogP contribution in [0.1, 0.15) is 112 Å². The van der Waals surface area contributed by atoms with E-state index in [-0.39, 0.29) is 65.6 Å². The average Bonchev–Trinajstić information content (AvgIpc) is 4.10. The Balaban J connectivity index is 0.788. The fraction of sp³-hybridized carbons (Fsp3) is 0.481. The van der Waals surface area contributed by atoms with E-state index in [2.05, 4.69) is 64.3 Å². The number of likely N-dealkylation sites (tertiary alicyclic amines) is 1. The third-order valence-corrected chi connectivity index (χ3v) is 16.0. The standard InChI is InChI=1S/C54H65ClN8O6S/c1-32(2)46(50(67)63-30-40(64)26-43(63)49(66)58-33(3)36-15-17-37(18-16-36)47-34(4)57-31-70-47)44-28-45(60-69-44)62-24-22-61(23-25-62)21-9-10-35-11-13-38(14-12-35)48(65)59-51-53(5,6)52(54(51,7)8)68-41-20-19-39(29-56)42(55)27-41/h11-20,27-28,31-33,40,43,46,51-52,64H,9-10,21-26,30H2,1-8H3,(H,58,66)(H,59,65)/t33-,40+,43-,46?,51?,52?/m0/s1. The van der Waals surface area contributed by atoms with E-state index < -0.39 is 18.1 Å². The number of halogens is 1. The van der Waals surface area contributed by atoms with E-state index in [9.17, 15) is 24.8 Å². The smallest absolute Gasteiger partial charge is 0.251 e. The van der Waals surface area contributed by atoms with Crippen LogP contribution >= 0.6 is 22.9 Å². The Bertz CT molecular complexity index is 2690. The van der Waals surface area contributed by atoms with Crippen molar-refractivity contribution in [3.63, 3.8) is 0 Å². The first-order valence-electron chi connectivity index (χ1n) is 24.3. The molecule has 2 saturated heterocycles. The van der Waals surface area contributed by atoms with Crippen molar-refractivity contribution >= 4 is 46.5 Å². The molecule has 4 atom stereocenters. The van der Waals surface area contributed by atoms with Crippen molar-refractivity contribution in [2.75, 3.05) is 44.2 Å². The Hall–Kier alpha value is -5.79. The van der Waals surface area contributed by atoms with Crippen LogP contribution in [0.15, 0.2) is 82.8 Å². The molecule has 2 aliphatic heterocycles. The lowest BCUT2D eigenvalue weighted by Gasteiger charge is -2.63. The number of aryl methyl sites for hydroxylation is 2. The summed E-state index contributed by atoms with van der Waals surface area (Å²) in [4.78, 5) is 53.2. The average molecular weight is 990 g/mol. The number of β-amino-alcohol motifs (C(OH)–C–C–N with tert-alkyl or cyclic N) is 1. The number of piperazine rings is 1. The van der Waals surface area contributed by atoms with Crippen LogP contribution in [0.4, 0.5) is 5.82 Å². The van der Waals surface area contributed by atoms with Gasteiger partial charge >= 0.3 is 0 Å². The fourth-order valence-corrected chi connectivity index (χ4v) is 12.1. The molecule has 370 valence electrons. The lowest BCUT2D eigenvalue weighted by atomic mass is 9.49. The number of nitrogens with zero attached hydrogens (tertiary/aromatic N) is 6. The zero-order valence-electron chi connectivity index (χ0n) is 41.4. The molecule has 3 amide bonds. The topological polar surface area (TPSA) is 177 Å². The highest BCUT2D eigenvalue weighted by atomic mass is 35.5. The number of thiazole rings is 1. The van der Waals surface area contributed by atoms with Gasteiger partial charge in [0.15, 0.2) is 11.6 Å². The predicted octanol–water partition coefficient (Wildman–Crippen LogP) is 8.58. The lowest BCUT2D eigenvalue weighted by molar-refractivity contribution is -0.164. The highest BCUT2D eigenvalue weighted by molar-refractivity contribution is 7.13. The molecule has 1 saturated carbocycles. The van der Waals surface area contributed by atoms with Crippen LogP contribution in [0.2, 0.25) is 5.02 Å². The van der Waals surface area contributed by atoms with Gasteiger partial charge in [0.05, 0.1) is 38.8 Å². The summed E-state index contributed by atoms with van der Waals surface area (Å²) in [6.07, 6.45) is 1.02. The van der Waals surface area contributed by atoms with Crippen LogP contribution in [0.3, 0.4) is 0 Å². The fourth-order valence-electron chi connectivity index (χ4n) is 11.0. The molecular weight excluding hydrogens is 924 g/mol. The number of nitriles is 1. The van der Waals surface area contributed by atoms with Crippen molar-refractivity contribution in [1.82, 2.24) is 30.6 Å². The number of benzene rings is 3. The van der Waals surface area contributed by atoms with Gasteiger partial charge in [-0.05, 0) is 80.1 Å². The van der Waals surface area contributed by atoms with Gasteiger partial charge in [-0.1, -0.05) is 94.7 Å². The van der Waals surface area contributed by atoms with Crippen LogP contribution < -0.4 is 20.3 Å². The number of anilines is 1. The number of carbonyl (C=O) groups excluding carboxylic acids is 3. The Morgan fingerprint density at radius 3 is 2.31 bits per heavy atom. The normalized spacial score (nSPS) is 21.7. The number of aliphatic hydroxyl groups excluding tert-OH is 1. The molecule has 0 bridgehead atoms. The lowest BCUT2D eigenvalue weighted by Crippen LogP contribution is -2.74. The minimum atomic E-state index is -0.815. The monoisotopic (exact) mass is 988 g/mol. The van der Waals surface area contributed by atoms with Crippen LogP contribution in [-0.2, 0) is 16.0 Å². The molecule has 0 radical (unpaired) electrons. The summed E-state index contributed by atoms with van der Waals surface area (Å²) in [6, 6.07) is 23.7. The summed E-state index contributed by atoms with van der Waals surface area (Å²) in [7, 11) is 0. The molecule has 1 aliphatic carbocycles. The van der Waals surface area contributed by atoms with E-state index in [0.717, 1.165) is 67.3 Å². The van der Waals surface area contributed by atoms with Crippen LogP contribution in [0.25, 0.3) is 10.4 Å². The minimum absolute atomic E-state index is 0.0682. The number of hydrogen-bond donors (Lipinski definition) is 3. The van der Waals surface area contributed by atoms with Gasteiger partial charge in [-0.3, -0.25) is 19.3 Å². The van der Waals surface area contributed by atoms with Crippen molar-refractivity contribution < 1.29 is 28.8 Å². The third-order valence-electron chi connectivity index (χ3n) is 14.7. The maximum atomic E-state index is 14.3. The molecule has 3 N–H and O–H groups in total. The van der Waals surface area contributed by atoms with E-state index >= 15 is 0 Å². The maximum Gasteiger partial charge on any atom is 0.251 e. The Morgan fingerprint density at radius 1 is 0.986 bits per heavy atom. The summed E-state index contributed by atoms with van der Waals surface area (Å²) in [5.41, 5.74) is 6.29. The molecule has 4 heterocycles. The van der Waals surface area contributed by atoms with Gasteiger partial charge in [0.1, 0.15) is 29.9 Å². The van der Waals surface area contributed by atoms with Gasteiger partial charge in [0.25, 0.3) is 5.91 Å². The van der Waals surface area contributed by atoms with Crippen LogP contribution in [0.5, 0.6) is 5.75 Å². The van der Waals surface area contributed by atoms with E-state index in [0.29, 0.717) is 33.5 Å². The number of aliphatic hydroxyl groups is 1. The number of ether oxygens (including phenoxy) is 1. The van der Waals surface area contributed by atoms with E-state index in [4.69, 9.17) is 20.9 Å². The number of carbonyl (C=O) groups is 3. The molecule has 3 fully saturated rings. The minimum Gasteiger partial charge on any atom is -0.489 e. The summed E-state index contributed by atoms with van der Waals surface area (Å²) < 4.78 is 12.3. The Morgan fingerprint density at radius 2 is 1.69 bits per heavy atom. The molecular formula is C54H65ClN8O6S. The molecule has 8 rings (SSSR count). The van der Waals surface area contributed by atoms with Crippen LogP contribution in [-0.4, -0.2) is 106 Å². The van der Waals surface area contributed by atoms with Crippen molar-refractivity contribution in [3.05, 3.63) is 117 Å². The Labute approximate surface area is 420 Å². The maximum absolute atomic E-state index is 14.3. The second-order valence-electron chi connectivity index (χ2n) is 20.8. The molecule has 3 aliphatic rings. The number of aromatic nitrogens is 2. The molecule has 16 heteroatoms. The first-order valence-corrected chi connectivity index (χ1v) is 25.6. The molecule has 0 spiro atoms. The van der Waals surface area contributed by atoms with Gasteiger partial charge in [0.2, 0.25) is 11.8 Å². The molecule has 70 heavy (non-hydrogen) atoms. The van der Waals surface area contributed by atoms with E-state index in [1.54, 1.807) is 29.5 Å². The second kappa shape index (κ2) is 20.9. The summed E-state index contributed by atoms with van der Waals surface area (Å²) >= 11 is 7.86. The van der Waals surface area contributed by atoms with Gasteiger partial charge < -0.3 is 34.8 Å². The van der Waals surface area contributed by atoms with Crippen molar-refractivity contribution in [1.29, 1.82) is 5.26 Å². The zero-order chi connectivity index (χ0) is 50.1. The molecule has 5 aromatic rings. The summed E-state index contributed by atoms with van der Waals surface area (Å²) in [5.74, 6) is 0.226. The highest BCUT2D eigenvalue weighted by Gasteiger charge is 2.64. The number of amides is 3. The molecule has 1 unspecified atom stereocenters. The number of hydrogen-bond acceptors (Lipinski definition) is 12. The van der Waals surface area contributed by atoms with Gasteiger partial charge in [-0.15, -0.1) is 11.3 Å². The predicted molar refractivity (Wildman–Crippen MR) is 272 cm³/mol. The van der Waals surface area contributed by atoms with Crippen molar-refractivity contribution in [2.24, 2.45) is 16.7 Å². The number of rotatable bonds is 16. The van der Waals surface area contributed by atoms with Gasteiger partial charge in [0, 0.05) is 73.7 Å². The zero-order valence-corrected chi connectivity index (χ0v) is 42.9. The van der Waals surface area contributed by atoms with Crippen molar-refractivity contribution in [2.45, 2.75) is 111 Å². The first kappa shape index (κ1) is 50.6. The summed E-state index contributed by atoms with van der Waals surface area (Å²) in [5, 5.41) is 31.1. The largest absolute Gasteiger partial charge is 0.489 e. The highest BCUT2D eigenvalue weighted by Crippen LogP contribution is 2.55. The summed E-state index contributed by atoms with van der Waals surface area (Å²) in [6.45, 7) is 20.4. The molecule has 3 aromatic carbocycles. The van der Waals surface area contributed by atoms with E-state index in [1.165, 1.54) is 10.5 Å². The van der Waals surface area contributed by atoms with Crippen LogP contribution in [0, 0.1) is 35.0 Å². The van der Waals surface area contributed by atoms with Crippen molar-refractivity contribution in [3.8, 4) is 22.3 Å². The molecule has 14 nitrogen and oxygen atoms in total. The second-order valence-corrected chi connectivity index (χ2v) is 22.0. The number of nitrogens with one attached hydrogen (secondary N) is 2. The first-order chi connectivity index (χ1) is 33.3. The van der Waals surface area contributed by atoms with Gasteiger partial charge in [-0.25, -0.2) is 4.98 Å². The molecule has 2 aromatic heterocycles.